The first-order valence-corrected chi connectivity index (χ1v) is 9.55. The second kappa shape index (κ2) is 9.35. The molecule has 1 aliphatic carbocycles. The smallest absolute Gasteiger partial charge is 0.230 e. The Morgan fingerprint density at radius 2 is 1.95 bits per heavy atom. The van der Waals surface area contributed by atoms with Crippen LogP contribution in [0.1, 0.15) is 31.2 Å². The lowest BCUT2D eigenvalue weighted by atomic mass is 10.2. The Morgan fingerprint density at radius 1 is 1.20 bits per heavy atom. The van der Waals surface area contributed by atoms with Crippen LogP contribution in [0.3, 0.4) is 0 Å². The van der Waals surface area contributed by atoms with Crippen molar-refractivity contribution in [2.75, 3.05) is 18.1 Å². The van der Waals surface area contributed by atoms with E-state index in [0.29, 0.717) is 5.75 Å². The topological polar surface area (TPSA) is 29.1 Å². The van der Waals surface area contributed by atoms with Gasteiger partial charge in [0.1, 0.15) is 0 Å². The van der Waals surface area contributed by atoms with Crippen molar-refractivity contribution in [3.8, 4) is 0 Å². The van der Waals surface area contributed by atoms with Gasteiger partial charge in [-0.2, -0.15) is 11.8 Å². The zero-order valence-corrected chi connectivity index (χ0v) is 13.5. The summed E-state index contributed by atoms with van der Waals surface area (Å²) in [6, 6.07) is 10.3. The molecule has 0 aromatic heterocycles. The lowest BCUT2D eigenvalue weighted by Crippen LogP contribution is -2.27. The first-order valence-electron chi connectivity index (χ1n) is 7.34. The van der Waals surface area contributed by atoms with Crippen LogP contribution in [0.25, 0.3) is 0 Å². The number of carbonyl (C=O) groups excluding carboxylic acids is 1. The maximum Gasteiger partial charge on any atom is 0.230 e. The Kier molecular flexibility index (Phi) is 7.37. The molecular weight excluding hydrogens is 286 g/mol. The maximum atomic E-state index is 11.7. The Bertz CT molecular complexity index is 391. The van der Waals surface area contributed by atoms with Gasteiger partial charge in [0, 0.05) is 23.3 Å². The van der Waals surface area contributed by atoms with E-state index in [-0.39, 0.29) is 5.91 Å². The molecule has 1 amide bonds. The zero-order valence-electron chi connectivity index (χ0n) is 11.8. The molecule has 0 aliphatic heterocycles. The molecule has 1 aromatic carbocycles. The molecule has 1 saturated carbocycles. The van der Waals surface area contributed by atoms with Gasteiger partial charge < -0.3 is 5.32 Å². The Labute approximate surface area is 130 Å². The number of amides is 1. The van der Waals surface area contributed by atoms with E-state index in [1.54, 1.807) is 11.8 Å². The second-order valence-corrected chi connectivity index (χ2v) is 7.50. The van der Waals surface area contributed by atoms with Gasteiger partial charge in [0.2, 0.25) is 5.91 Å². The first-order chi connectivity index (χ1) is 9.84. The van der Waals surface area contributed by atoms with Gasteiger partial charge in [0.15, 0.2) is 0 Å². The van der Waals surface area contributed by atoms with Crippen LogP contribution >= 0.6 is 23.5 Å². The van der Waals surface area contributed by atoms with Crippen LogP contribution in [0.4, 0.5) is 0 Å². The molecule has 0 radical (unpaired) electrons. The lowest BCUT2D eigenvalue weighted by molar-refractivity contribution is -0.118. The highest BCUT2D eigenvalue weighted by Crippen LogP contribution is 2.28. The number of hydrogen-bond donors (Lipinski definition) is 1. The van der Waals surface area contributed by atoms with Crippen molar-refractivity contribution in [1.82, 2.24) is 5.32 Å². The van der Waals surface area contributed by atoms with Crippen molar-refractivity contribution in [1.29, 1.82) is 0 Å². The number of rotatable bonds is 8. The number of carbonyl (C=O) groups is 1. The van der Waals surface area contributed by atoms with Crippen molar-refractivity contribution >= 4 is 29.4 Å². The fraction of sp³-hybridized carbons (Fsp3) is 0.562. The quantitative estimate of drug-likeness (QED) is 0.742. The molecule has 0 heterocycles. The van der Waals surface area contributed by atoms with Crippen molar-refractivity contribution in [2.45, 2.75) is 36.7 Å². The lowest BCUT2D eigenvalue weighted by Gasteiger charge is -2.09. The van der Waals surface area contributed by atoms with Gasteiger partial charge in [-0.3, -0.25) is 4.79 Å². The number of benzene rings is 1. The van der Waals surface area contributed by atoms with Gasteiger partial charge in [-0.05, 0) is 18.4 Å². The van der Waals surface area contributed by atoms with Gasteiger partial charge in [0.05, 0.1) is 5.75 Å². The van der Waals surface area contributed by atoms with E-state index < -0.39 is 0 Å². The summed E-state index contributed by atoms with van der Waals surface area (Å²) in [5.74, 6) is 2.69. The van der Waals surface area contributed by atoms with E-state index in [9.17, 15) is 4.79 Å². The highest BCUT2D eigenvalue weighted by atomic mass is 32.2. The zero-order chi connectivity index (χ0) is 14.0. The molecule has 4 heteroatoms. The van der Waals surface area contributed by atoms with E-state index in [4.69, 9.17) is 0 Å². The molecule has 1 N–H and O–H groups in total. The highest BCUT2D eigenvalue weighted by Gasteiger charge is 2.14. The molecule has 1 aromatic rings. The van der Waals surface area contributed by atoms with Crippen molar-refractivity contribution < 1.29 is 4.79 Å². The summed E-state index contributed by atoms with van der Waals surface area (Å²) < 4.78 is 0. The van der Waals surface area contributed by atoms with Crippen LogP contribution in [0.5, 0.6) is 0 Å². The Morgan fingerprint density at radius 3 is 2.70 bits per heavy atom. The van der Waals surface area contributed by atoms with E-state index >= 15 is 0 Å². The second-order valence-electron chi connectivity index (χ2n) is 5.11. The van der Waals surface area contributed by atoms with Crippen LogP contribution in [-0.2, 0) is 10.5 Å². The van der Waals surface area contributed by atoms with Gasteiger partial charge in [0.25, 0.3) is 0 Å². The van der Waals surface area contributed by atoms with E-state index in [0.717, 1.165) is 23.3 Å². The van der Waals surface area contributed by atoms with Crippen LogP contribution in [0, 0.1) is 0 Å². The average Bonchev–Trinajstić information content (AvgIpc) is 2.98. The largest absolute Gasteiger partial charge is 0.355 e. The van der Waals surface area contributed by atoms with Gasteiger partial charge in [-0.1, -0.05) is 43.2 Å². The minimum Gasteiger partial charge on any atom is -0.355 e. The molecule has 2 nitrogen and oxygen atoms in total. The van der Waals surface area contributed by atoms with Crippen LogP contribution in [-0.4, -0.2) is 29.2 Å². The molecule has 110 valence electrons. The van der Waals surface area contributed by atoms with E-state index in [1.165, 1.54) is 31.2 Å². The summed E-state index contributed by atoms with van der Waals surface area (Å²) in [4.78, 5) is 11.7. The SMILES string of the molecule is O=C(CSCc1ccccc1)NCCSC1CCCC1. The summed E-state index contributed by atoms with van der Waals surface area (Å²) in [5.41, 5.74) is 1.28. The van der Waals surface area contributed by atoms with Gasteiger partial charge in [-0.15, -0.1) is 11.8 Å². The normalized spacial score (nSPS) is 15.4. The van der Waals surface area contributed by atoms with E-state index in [1.807, 2.05) is 30.0 Å². The summed E-state index contributed by atoms with van der Waals surface area (Å²) in [7, 11) is 0. The van der Waals surface area contributed by atoms with E-state index in [2.05, 4.69) is 17.4 Å². The van der Waals surface area contributed by atoms with Crippen LogP contribution in [0.2, 0.25) is 0 Å². The number of thioether (sulfide) groups is 2. The predicted molar refractivity (Wildman–Crippen MR) is 90.3 cm³/mol. The molecular formula is C16H23NOS2. The number of hydrogen-bond acceptors (Lipinski definition) is 3. The minimum atomic E-state index is 0.165. The van der Waals surface area contributed by atoms with Crippen molar-refractivity contribution in [3.63, 3.8) is 0 Å². The third-order valence-corrected chi connectivity index (χ3v) is 5.81. The summed E-state index contributed by atoms with van der Waals surface area (Å²) in [6.07, 6.45) is 5.51. The molecule has 1 fully saturated rings. The third-order valence-electron chi connectivity index (χ3n) is 3.42. The van der Waals surface area contributed by atoms with Crippen LogP contribution < -0.4 is 5.32 Å². The fourth-order valence-electron chi connectivity index (χ4n) is 2.36. The summed E-state index contributed by atoms with van der Waals surface area (Å²) >= 11 is 3.70. The Hall–Kier alpha value is -0.610. The molecule has 0 unspecified atom stereocenters. The first kappa shape index (κ1) is 15.8. The van der Waals surface area contributed by atoms with Gasteiger partial charge >= 0.3 is 0 Å². The molecule has 0 saturated heterocycles. The van der Waals surface area contributed by atoms with Crippen molar-refractivity contribution in [2.24, 2.45) is 0 Å². The molecule has 20 heavy (non-hydrogen) atoms. The molecule has 0 spiro atoms. The number of nitrogens with one attached hydrogen (secondary N) is 1. The third kappa shape index (κ3) is 6.23. The van der Waals surface area contributed by atoms with Crippen LogP contribution in [0.15, 0.2) is 30.3 Å². The molecule has 0 atom stereocenters. The average molecular weight is 310 g/mol. The summed E-state index contributed by atoms with van der Waals surface area (Å²) in [6.45, 7) is 0.811. The molecule has 2 rings (SSSR count). The maximum absolute atomic E-state index is 11.7. The van der Waals surface area contributed by atoms with Gasteiger partial charge in [-0.25, -0.2) is 0 Å². The van der Waals surface area contributed by atoms with Crippen molar-refractivity contribution in [3.05, 3.63) is 35.9 Å². The highest BCUT2D eigenvalue weighted by molar-refractivity contribution is 8.00. The predicted octanol–water partition coefficient (Wildman–Crippen LogP) is 3.71. The Balaban J connectivity index is 1.48. The standard InChI is InChI=1S/C16H23NOS2/c18-16(13-19-12-14-6-2-1-3-7-14)17-10-11-20-15-8-4-5-9-15/h1-3,6-7,15H,4-5,8-13H2,(H,17,18). The molecule has 0 bridgehead atoms. The summed E-state index contributed by atoms with van der Waals surface area (Å²) in [5, 5.41) is 3.86. The fourth-order valence-corrected chi connectivity index (χ4v) is 4.40. The minimum absolute atomic E-state index is 0.165. The monoisotopic (exact) mass is 309 g/mol. The molecule has 1 aliphatic rings.